The predicted molar refractivity (Wildman–Crippen MR) is 66.8 cm³/mol. The molecule has 0 amide bonds. The van der Waals surface area contributed by atoms with Gasteiger partial charge in [-0.25, -0.2) is 0 Å². The summed E-state index contributed by atoms with van der Waals surface area (Å²) in [6.07, 6.45) is 6.69. The van der Waals surface area contributed by atoms with E-state index in [9.17, 15) is 0 Å². The maximum absolute atomic E-state index is 5.93. The monoisotopic (exact) mass is 229 g/mol. The molecule has 96 valence electrons. The molecule has 1 fully saturated rings. The highest BCUT2D eigenvalue weighted by Gasteiger charge is 2.22. The van der Waals surface area contributed by atoms with Crippen LogP contribution in [0.1, 0.15) is 46.0 Å². The molecule has 1 aliphatic rings. The molecule has 0 spiro atoms. The Balaban J connectivity index is 2.11. The fourth-order valence-corrected chi connectivity index (χ4v) is 2.20. The van der Waals surface area contributed by atoms with Crippen LogP contribution in [-0.2, 0) is 9.47 Å². The van der Waals surface area contributed by atoms with Crippen molar-refractivity contribution in [1.82, 2.24) is 5.32 Å². The fourth-order valence-electron chi connectivity index (χ4n) is 2.20. The topological polar surface area (TPSA) is 30.5 Å². The van der Waals surface area contributed by atoms with E-state index in [4.69, 9.17) is 9.47 Å². The van der Waals surface area contributed by atoms with Crippen molar-refractivity contribution in [2.75, 3.05) is 20.3 Å². The van der Waals surface area contributed by atoms with Crippen molar-refractivity contribution in [3.8, 4) is 0 Å². The van der Waals surface area contributed by atoms with Crippen molar-refractivity contribution in [1.29, 1.82) is 0 Å². The van der Waals surface area contributed by atoms with Crippen LogP contribution in [0.25, 0.3) is 0 Å². The Morgan fingerprint density at radius 2 is 2.06 bits per heavy atom. The summed E-state index contributed by atoms with van der Waals surface area (Å²) in [6, 6.07) is 0.461. The number of nitrogens with one attached hydrogen (secondary N) is 1. The molecule has 1 saturated carbocycles. The minimum atomic E-state index is 0.407. The average Bonchev–Trinajstić information content (AvgIpc) is 2.34. The molecule has 0 aromatic carbocycles. The quantitative estimate of drug-likeness (QED) is 0.727. The number of ether oxygens (including phenoxy) is 2. The zero-order valence-electron chi connectivity index (χ0n) is 11.0. The molecule has 0 aliphatic heterocycles. The lowest BCUT2D eigenvalue weighted by molar-refractivity contribution is -0.0342. The van der Waals surface area contributed by atoms with Gasteiger partial charge in [-0.15, -0.1) is 0 Å². The van der Waals surface area contributed by atoms with E-state index in [0.717, 1.165) is 19.6 Å². The van der Waals surface area contributed by atoms with Crippen LogP contribution in [0.4, 0.5) is 0 Å². The molecule has 0 radical (unpaired) electrons. The van der Waals surface area contributed by atoms with Crippen LogP contribution in [0.15, 0.2) is 0 Å². The largest absolute Gasteiger partial charge is 0.381 e. The minimum Gasteiger partial charge on any atom is -0.381 e. The summed E-state index contributed by atoms with van der Waals surface area (Å²) in [6.45, 7) is 6.27. The molecule has 3 atom stereocenters. The maximum atomic E-state index is 5.93. The molecular formula is C13H27NO2. The molecule has 1 N–H and O–H groups in total. The zero-order valence-corrected chi connectivity index (χ0v) is 11.0. The SMILES string of the molecule is CCCNC(C)COC1CCCC(OC)C1. The summed E-state index contributed by atoms with van der Waals surface area (Å²) in [5.41, 5.74) is 0. The van der Waals surface area contributed by atoms with E-state index in [1.54, 1.807) is 7.11 Å². The fraction of sp³-hybridized carbons (Fsp3) is 1.00. The van der Waals surface area contributed by atoms with Crippen molar-refractivity contribution in [2.24, 2.45) is 0 Å². The lowest BCUT2D eigenvalue weighted by Gasteiger charge is -2.29. The molecule has 0 aromatic rings. The molecule has 3 unspecified atom stereocenters. The van der Waals surface area contributed by atoms with E-state index in [2.05, 4.69) is 19.2 Å². The van der Waals surface area contributed by atoms with Crippen LogP contribution in [0.3, 0.4) is 0 Å². The number of hydrogen-bond donors (Lipinski definition) is 1. The molecule has 0 heterocycles. The van der Waals surface area contributed by atoms with Crippen LogP contribution < -0.4 is 5.32 Å². The minimum absolute atomic E-state index is 0.407. The first kappa shape index (κ1) is 13.9. The van der Waals surface area contributed by atoms with Crippen molar-refractivity contribution in [2.45, 2.75) is 64.2 Å². The summed E-state index contributed by atoms with van der Waals surface area (Å²) in [5.74, 6) is 0. The van der Waals surface area contributed by atoms with E-state index >= 15 is 0 Å². The molecule has 3 nitrogen and oxygen atoms in total. The first-order valence-electron chi connectivity index (χ1n) is 6.64. The summed E-state index contributed by atoms with van der Waals surface area (Å²) < 4.78 is 11.3. The van der Waals surface area contributed by atoms with Crippen molar-refractivity contribution >= 4 is 0 Å². The first-order valence-corrected chi connectivity index (χ1v) is 6.64. The zero-order chi connectivity index (χ0) is 11.8. The predicted octanol–water partition coefficient (Wildman–Crippen LogP) is 2.35. The molecule has 3 heteroatoms. The second-order valence-corrected chi connectivity index (χ2v) is 4.83. The van der Waals surface area contributed by atoms with Crippen LogP contribution in [0, 0.1) is 0 Å². The van der Waals surface area contributed by atoms with Gasteiger partial charge in [0.1, 0.15) is 0 Å². The highest BCUT2D eigenvalue weighted by Crippen LogP contribution is 2.23. The third kappa shape index (κ3) is 5.28. The van der Waals surface area contributed by atoms with Gasteiger partial charge in [0.05, 0.1) is 18.8 Å². The van der Waals surface area contributed by atoms with Crippen molar-refractivity contribution in [3.63, 3.8) is 0 Å². The van der Waals surface area contributed by atoms with E-state index < -0.39 is 0 Å². The van der Waals surface area contributed by atoms with Crippen molar-refractivity contribution in [3.05, 3.63) is 0 Å². The molecule has 1 rings (SSSR count). The molecule has 0 bridgehead atoms. The van der Waals surface area contributed by atoms with Gasteiger partial charge in [0, 0.05) is 13.2 Å². The second-order valence-electron chi connectivity index (χ2n) is 4.83. The van der Waals surface area contributed by atoms with Gasteiger partial charge in [0.25, 0.3) is 0 Å². The Morgan fingerprint density at radius 1 is 1.31 bits per heavy atom. The Morgan fingerprint density at radius 3 is 2.75 bits per heavy atom. The lowest BCUT2D eigenvalue weighted by Crippen LogP contribution is -2.35. The number of rotatable bonds is 7. The van der Waals surface area contributed by atoms with Gasteiger partial charge in [-0.2, -0.15) is 0 Å². The molecule has 0 saturated heterocycles. The highest BCUT2D eigenvalue weighted by atomic mass is 16.5. The summed E-state index contributed by atoms with van der Waals surface area (Å²) in [4.78, 5) is 0. The second kappa shape index (κ2) is 8.04. The Kier molecular flexibility index (Phi) is 7.01. The Bertz CT molecular complexity index is 175. The summed E-state index contributed by atoms with van der Waals surface area (Å²) >= 11 is 0. The summed E-state index contributed by atoms with van der Waals surface area (Å²) in [7, 11) is 1.80. The van der Waals surface area contributed by atoms with E-state index in [1.807, 2.05) is 0 Å². The molecule has 0 aromatic heterocycles. The van der Waals surface area contributed by atoms with Gasteiger partial charge in [-0.1, -0.05) is 6.92 Å². The maximum Gasteiger partial charge on any atom is 0.0620 e. The third-order valence-corrected chi connectivity index (χ3v) is 3.24. The van der Waals surface area contributed by atoms with E-state index in [0.29, 0.717) is 18.2 Å². The van der Waals surface area contributed by atoms with Crippen molar-refractivity contribution < 1.29 is 9.47 Å². The van der Waals surface area contributed by atoms with Gasteiger partial charge in [-0.05, 0) is 45.6 Å². The lowest BCUT2D eigenvalue weighted by atomic mass is 9.95. The van der Waals surface area contributed by atoms with Crippen LogP contribution >= 0.6 is 0 Å². The normalized spacial score (nSPS) is 27.9. The molecular weight excluding hydrogens is 202 g/mol. The van der Waals surface area contributed by atoms with Gasteiger partial charge < -0.3 is 14.8 Å². The van der Waals surface area contributed by atoms with Crippen LogP contribution in [-0.4, -0.2) is 38.5 Å². The first-order chi connectivity index (χ1) is 7.76. The van der Waals surface area contributed by atoms with Gasteiger partial charge >= 0.3 is 0 Å². The number of hydrogen-bond acceptors (Lipinski definition) is 3. The van der Waals surface area contributed by atoms with Gasteiger partial charge in [-0.3, -0.25) is 0 Å². The highest BCUT2D eigenvalue weighted by molar-refractivity contribution is 4.74. The smallest absolute Gasteiger partial charge is 0.0620 e. The van der Waals surface area contributed by atoms with Crippen LogP contribution in [0.5, 0.6) is 0 Å². The van der Waals surface area contributed by atoms with Gasteiger partial charge in [0.15, 0.2) is 0 Å². The third-order valence-electron chi connectivity index (χ3n) is 3.24. The van der Waals surface area contributed by atoms with Crippen LogP contribution in [0.2, 0.25) is 0 Å². The summed E-state index contributed by atoms with van der Waals surface area (Å²) in [5, 5.41) is 3.44. The molecule has 16 heavy (non-hydrogen) atoms. The van der Waals surface area contributed by atoms with Gasteiger partial charge in [0.2, 0.25) is 0 Å². The number of methoxy groups -OCH3 is 1. The Hall–Kier alpha value is -0.120. The molecule has 1 aliphatic carbocycles. The standard InChI is InChI=1S/C13H27NO2/c1-4-8-14-11(2)10-16-13-7-5-6-12(9-13)15-3/h11-14H,4-10H2,1-3H3. The Labute approximate surface area is 99.9 Å². The average molecular weight is 229 g/mol. The van der Waals surface area contributed by atoms with E-state index in [-0.39, 0.29) is 0 Å². The van der Waals surface area contributed by atoms with E-state index in [1.165, 1.54) is 25.7 Å².